The number of rotatable bonds is 4. The van der Waals surface area contributed by atoms with E-state index in [9.17, 15) is 14.4 Å². The molecule has 2 N–H and O–H groups in total. The van der Waals surface area contributed by atoms with Gasteiger partial charge in [-0.05, 0) is 41.8 Å². The molecule has 0 spiro atoms. The molecule has 0 bridgehead atoms. The highest BCUT2D eigenvalue weighted by Crippen LogP contribution is 2.40. The van der Waals surface area contributed by atoms with Crippen LogP contribution in [-0.2, 0) is 16.1 Å². The number of nitrogens with one attached hydrogen (secondary N) is 2. The third-order valence-electron chi connectivity index (χ3n) is 6.24. The molecule has 0 saturated carbocycles. The summed E-state index contributed by atoms with van der Waals surface area (Å²) < 4.78 is 1.95. The summed E-state index contributed by atoms with van der Waals surface area (Å²) in [6, 6.07) is 24.1. The van der Waals surface area contributed by atoms with E-state index in [0.29, 0.717) is 23.6 Å². The molecule has 2 amide bonds. The van der Waals surface area contributed by atoms with Gasteiger partial charge in [-0.2, -0.15) is 0 Å². The minimum absolute atomic E-state index is 0. The van der Waals surface area contributed by atoms with E-state index in [1.165, 1.54) is 6.07 Å². The highest BCUT2D eigenvalue weighted by molar-refractivity contribution is 6.21. The molecular weight excluding hydrogens is 490 g/mol. The molecule has 8 nitrogen and oxygen atoms in total. The smallest absolute Gasteiger partial charge is 0.248 e. The number of carbonyl (C=O) groups is 2. The van der Waals surface area contributed by atoms with Gasteiger partial charge in [0.05, 0.1) is 17.9 Å². The predicted octanol–water partition coefficient (Wildman–Crippen LogP) is 4.87. The summed E-state index contributed by atoms with van der Waals surface area (Å²) in [6.07, 6.45) is 3.32. The third-order valence-corrected chi connectivity index (χ3v) is 6.24. The Bertz CT molecular complexity index is 1690. The Morgan fingerprint density at radius 3 is 2.49 bits per heavy atom. The van der Waals surface area contributed by atoms with Gasteiger partial charge in [0.25, 0.3) is 0 Å². The molecule has 0 fully saturated rings. The zero-order valence-electron chi connectivity index (χ0n) is 19.5. The molecule has 37 heavy (non-hydrogen) atoms. The molecule has 0 radical (unpaired) electrons. The Labute approximate surface area is 218 Å². The second-order valence-electron chi connectivity index (χ2n) is 8.60. The van der Waals surface area contributed by atoms with Gasteiger partial charge in [-0.15, -0.1) is 12.4 Å². The van der Waals surface area contributed by atoms with Crippen molar-refractivity contribution in [2.24, 2.45) is 0 Å². The predicted molar refractivity (Wildman–Crippen MR) is 145 cm³/mol. The standard InChI is InChI=1S/C28H21N5O3.ClH/c34-24-7-3-5-20(30-24)17-32-15-14-29-28(32)19-8-11-21(12-9-19)33-23-13-10-18-4-1-2-6-22(18)27(23)31-25(35)16-26(33)36;/h1-15H,16-17H2,(H,30,34)(H,31,35);1H. The highest BCUT2D eigenvalue weighted by atomic mass is 35.5. The van der Waals surface area contributed by atoms with Crippen LogP contribution in [0, 0.1) is 0 Å². The number of H-pyrrole nitrogens is 1. The molecule has 3 aromatic carbocycles. The lowest BCUT2D eigenvalue weighted by Crippen LogP contribution is -2.26. The van der Waals surface area contributed by atoms with Gasteiger partial charge < -0.3 is 14.9 Å². The molecule has 1 aliphatic heterocycles. The van der Waals surface area contributed by atoms with E-state index in [1.54, 1.807) is 17.2 Å². The van der Waals surface area contributed by atoms with E-state index in [2.05, 4.69) is 15.3 Å². The van der Waals surface area contributed by atoms with Gasteiger partial charge in [-0.3, -0.25) is 19.3 Å². The first-order chi connectivity index (χ1) is 17.6. The average Bonchev–Trinajstić information content (AvgIpc) is 3.28. The van der Waals surface area contributed by atoms with Gasteiger partial charge >= 0.3 is 0 Å². The fourth-order valence-corrected chi connectivity index (χ4v) is 4.62. The van der Waals surface area contributed by atoms with Gasteiger partial charge in [0.2, 0.25) is 17.4 Å². The van der Waals surface area contributed by atoms with Crippen molar-refractivity contribution in [2.45, 2.75) is 13.0 Å². The number of aromatic nitrogens is 3. The van der Waals surface area contributed by atoms with Crippen LogP contribution in [0.15, 0.2) is 96.1 Å². The molecule has 3 heterocycles. The quantitative estimate of drug-likeness (QED) is 0.336. The summed E-state index contributed by atoms with van der Waals surface area (Å²) in [4.78, 5) is 46.2. The number of pyridine rings is 1. The number of carbonyl (C=O) groups excluding carboxylic acids is 2. The van der Waals surface area contributed by atoms with Crippen LogP contribution >= 0.6 is 12.4 Å². The lowest BCUT2D eigenvalue weighted by molar-refractivity contribution is -0.124. The van der Waals surface area contributed by atoms with Crippen molar-refractivity contribution in [1.29, 1.82) is 0 Å². The van der Waals surface area contributed by atoms with Crippen LogP contribution in [0.2, 0.25) is 0 Å². The number of anilines is 3. The fourth-order valence-electron chi connectivity index (χ4n) is 4.62. The Hall–Kier alpha value is -4.69. The minimum atomic E-state index is -0.335. The first-order valence-corrected chi connectivity index (χ1v) is 11.5. The first-order valence-electron chi connectivity index (χ1n) is 11.5. The number of benzene rings is 3. The summed E-state index contributed by atoms with van der Waals surface area (Å²) in [6.45, 7) is 0.464. The van der Waals surface area contributed by atoms with Crippen LogP contribution in [0.3, 0.4) is 0 Å². The number of imidazole rings is 1. The molecule has 0 unspecified atom stereocenters. The van der Waals surface area contributed by atoms with Crippen LogP contribution in [0.5, 0.6) is 0 Å². The SMILES string of the molecule is Cl.O=C1CC(=O)N(c2ccc(-c3nccn3Cc3cccc(=O)[nH]3)cc2)c2ccc3ccccc3c2N1. The molecule has 184 valence electrons. The van der Waals surface area contributed by atoms with E-state index in [0.717, 1.165) is 27.9 Å². The van der Waals surface area contributed by atoms with Crippen LogP contribution in [0.1, 0.15) is 12.1 Å². The first kappa shape index (κ1) is 24.0. The Morgan fingerprint density at radius 2 is 1.68 bits per heavy atom. The van der Waals surface area contributed by atoms with Gasteiger partial charge in [0, 0.05) is 40.8 Å². The number of nitrogens with zero attached hydrogens (tertiary/aromatic N) is 3. The maximum atomic E-state index is 13.1. The van der Waals surface area contributed by atoms with Gasteiger partial charge in [-0.25, -0.2) is 4.98 Å². The molecule has 9 heteroatoms. The number of hydrogen-bond donors (Lipinski definition) is 2. The molecule has 5 aromatic rings. The van der Waals surface area contributed by atoms with E-state index in [4.69, 9.17) is 0 Å². The zero-order valence-corrected chi connectivity index (χ0v) is 20.4. The summed E-state index contributed by atoms with van der Waals surface area (Å²) in [5.41, 5.74) is 3.39. The van der Waals surface area contributed by atoms with E-state index >= 15 is 0 Å². The fraction of sp³-hybridized carbons (Fsp3) is 0.0714. The molecule has 0 aliphatic carbocycles. The summed E-state index contributed by atoms with van der Waals surface area (Å²) >= 11 is 0. The van der Waals surface area contributed by atoms with Gasteiger partial charge in [0.1, 0.15) is 12.2 Å². The maximum absolute atomic E-state index is 13.1. The largest absolute Gasteiger partial charge is 0.325 e. The van der Waals surface area contributed by atoms with E-state index < -0.39 is 0 Å². The number of halogens is 1. The summed E-state index contributed by atoms with van der Waals surface area (Å²) in [7, 11) is 0. The Kier molecular flexibility index (Phi) is 6.33. The Morgan fingerprint density at radius 1 is 0.865 bits per heavy atom. The van der Waals surface area contributed by atoms with E-state index in [1.807, 2.05) is 77.5 Å². The molecule has 0 atom stereocenters. The lowest BCUT2D eigenvalue weighted by atomic mass is 10.1. The van der Waals surface area contributed by atoms with Gasteiger partial charge in [-0.1, -0.05) is 36.4 Å². The molecular formula is C28H22ClN5O3. The van der Waals surface area contributed by atoms with Gasteiger partial charge in [0.15, 0.2) is 0 Å². The van der Waals surface area contributed by atoms with Crippen molar-refractivity contribution in [3.8, 4) is 11.4 Å². The number of fused-ring (bicyclic) bond motifs is 3. The second-order valence-corrected chi connectivity index (χ2v) is 8.60. The minimum Gasteiger partial charge on any atom is -0.325 e. The van der Waals surface area contributed by atoms with Crippen LogP contribution in [0.4, 0.5) is 17.1 Å². The van der Waals surface area contributed by atoms with Crippen molar-refractivity contribution in [2.75, 3.05) is 10.2 Å². The topological polar surface area (TPSA) is 100 Å². The average molecular weight is 512 g/mol. The summed E-state index contributed by atoms with van der Waals surface area (Å²) in [5.74, 6) is 0.0956. The van der Waals surface area contributed by atoms with Crippen molar-refractivity contribution >= 4 is 52.1 Å². The van der Waals surface area contributed by atoms with Crippen molar-refractivity contribution < 1.29 is 9.59 Å². The van der Waals surface area contributed by atoms with E-state index in [-0.39, 0.29) is 36.2 Å². The Balaban J connectivity index is 0.00000280. The zero-order chi connectivity index (χ0) is 24.6. The van der Waals surface area contributed by atoms with Crippen LogP contribution in [0.25, 0.3) is 22.2 Å². The summed E-state index contributed by atoms with van der Waals surface area (Å²) in [5, 5.41) is 4.78. The monoisotopic (exact) mass is 511 g/mol. The molecule has 6 rings (SSSR count). The van der Waals surface area contributed by atoms with Crippen LogP contribution in [-0.4, -0.2) is 26.3 Å². The number of aromatic amines is 1. The third kappa shape index (κ3) is 4.50. The number of hydrogen-bond acceptors (Lipinski definition) is 4. The van der Waals surface area contributed by atoms with Crippen molar-refractivity contribution in [1.82, 2.24) is 14.5 Å². The number of amides is 2. The highest BCUT2D eigenvalue weighted by Gasteiger charge is 2.28. The molecule has 2 aromatic heterocycles. The maximum Gasteiger partial charge on any atom is 0.248 e. The second kappa shape index (κ2) is 9.75. The van der Waals surface area contributed by atoms with Crippen LogP contribution < -0.4 is 15.8 Å². The molecule has 0 saturated heterocycles. The lowest BCUT2D eigenvalue weighted by Gasteiger charge is -2.23. The van der Waals surface area contributed by atoms with Crippen molar-refractivity contribution in [3.05, 3.63) is 107 Å². The normalized spacial score (nSPS) is 13.0. The molecule has 1 aliphatic rings. The van der Waals surface area contributed by atoms with Crippen molar-refractivity contribution in [3.63, 3.8) is 0 Å².